The van der Waals surface area contributed by atoms with Crippen molar-refractivity contribution in [3.63, 3.8) is 0 Å². The minimum atomic E-state index is 0.765. The lowest BCUT2D eigenvalue weighted by Crippen LogP contribution is -2.00. The van der Waals surface area contributed by atoms with Gasteiger partial charge in [0.1, 0.15) is 0 Å². The largest absolute Gasteiger partial charge is 0.399 e. The van der Waals surface area contributed by atoms with Crippen LogP contribution in [0, 0.1) is 0 Å². The standard InChI is InChI=1S/C20H16N2S/c1-13(14-6-9-16(21)10-7-14)15-8-11-20-18(12-15)22-17-4-2-3-5-19(17)23-20/h2-12,22H,1,21H2. The molecule has 3 heteroatoms. The topological polar surface area (TPSA) is 38.0 Å². The zero-order chi connectivity index (χ0) is 15.8. The Balaban J connectivity index is 1.68. The summed E-state index contributed by atoms with van der Waals surface area (Å²) in [5.74, 6) is 0. The van der Waals surface area contributed by atoms with E-state index in [9.17, 15) is 0 Å². The average molecular weight is 316 g/mol. The maximum Gasteiger partial charge on any atom is 0.0532 e. The third-order valence-corrected chi connectivity index (χ3v) is 5.12. The molecule has 1 aliphatic heterocycles. The van der Waals surface area contributed by atoms with E-state index in [-0.39, 0.29) is 0 Å². The number of fused-ring (bicyclic) bond motifs is 2. The van der Waals surface area contributed by atoms with Gasteiger partial charge in [0.15, 0.2) is 0 Å². The molecular formula is C20H16N2S. The predicted molar refractivity (Wildman–Crippen MR) is 99.3 cm³/mol. The summed E-state index contributed by atoms with van der Waals surface area (Å²) in [5.41, 5.74) is 12.0. The second kappa shape index (κ2) is 5.52. The van der Waals surface area contributed by atoms with Crippen LogP contribution >= 0.6 is 11.8 Å². The number of para-hydroxylation sites is 1. The van der Waals surface area contributed by atoms with Gasteiger partial charge in [-0.3, -0.25) is 0 Å². The van der Waals surface area contributed by atoms with Gasteiger partial charge in [-0.25, -0.2) is 0 Å². The zero-order valence-electron chi connectivity index (χ0n) is 12.5. The van der Waals surface area contributed by atoms with Crippen molar-refractivity contribution < 1.29 is 0 Å². The van der Waals surface area contributed by atoms with Gasteiger partial charge in [0, 0.05) is 15.5 Å². The summed E-state index contributed by atoms with van der Waals surface area (Å²) in [6.45, 7) is 4.24. The minimum absolute atomic E-state index is 0.765. The third-order valence-electron chi connectivity index (χ3n) is 3.96. The summed E-state index contributed by atoms with van der Waals surface area (Å²) in [4.78, 5) is 2.49. The molecule has 0 unspecified atom stereocenters. The third kappa shape index (κ3) is 2.60. The molecule has 1 heterocycles. The quantitative estimate of drug-likeness (QED) is 0.477. The summed E-state index contributed by atoms with van der Waals surface area (Å²) in [6.07, 6.45) is 0. The molecule has 1 aliphatic rings. The molecule has 23 heavy (non-hydrogen) atoms. The van der Waals surface area contributed by atoms with Crippen LogP contribution in [0.15, 0.2) is 83.1 Å². The van der Waals surface area contributed by atoms with Crippen molar-refractivity contribution in [1.29, 1.82) is 0 Å². The van der Waals surface area contributed by atoms with E-state index in [1.165, 1.54) is 9.79 Å². The lowest BCUT2D eigenvalue weighted by Gasteiger charge is -2.21. The molecule has 3 aromatic rings. The number of nitrogen functional groups attached to an aromatic ring is 1. The molecule has 0 saturated carbocycles. The molecule has 3 N–H and O–H groups in total. The van der Waals surface area contributed by atoms with E-state index in [1.807, 2.05) is 24.3 Å². The van der Waals surface area contributed by atoms with E-state index in [1.54, 1.807) is 11.8 Å². The van der Waals surface area contributed by atoms with Crippen molar-refractivity contribution in [2.45, 2.75) is 9.79 Å². The van der Waals surface area contributed by atoms with Crippen LogP contribution in [0.2, 0.25) is 0 Å². The lowest BCUT2D eigenvalue weighted by molar-refractivity contribution is 1.31. The van der Waals surface area contributed by atoms with Crippen LogP contribution in [0.1, 0.15) is 11.1 Å². The fourth-order valence-corrected chi connectivity index (χ4v) is 3.65. The SMILES string of the molecule is C=C(c1ccc(N)cc1)c1ccc2c(c1)Nc1ccccc1S2. The number of hydrogen-bond acceptors (Lipinski definition) is 3. The molecule has 0 aromatic heterocycles. The fourth-order valence-electron chi connectivity index (χ4n) is 2.68. The van der Waals surface area contributed by atoms with Crippen LogP contribution < -0.4 is 11.1 Å². The highest BCUT2D eigenvalue weighted by Crippen LogP contribution is 2.44. The van der Waals surface area contributed by atoms with E-state index in [2.05, 4.69) is 54.4 Å². The van der Waals surface area contributed by atoms with Gasteiger partial charge in [-0.2, -0.15) is 0 Å². The number of nitrogens with one attached hydrogen (secondary N) is 1. The van der Waals surface area contributed by atoms with Gasteiger partial charge in [-0.1, -0.05) is 48.7 Å². The van der Waals surface area contributed by atoms with Crippen LogP contribution in [-0.2, 0) is 0 Å². The number of nitrogens with two attached hydrogens (primary N) is 1. The predicted octanol–water partition coefficient (Wildman–Crippen LogP) is 5.54. The Morgan fingerprint density at radius 1 is 0.826 bits per heavy atom. The second-order valence-corrected chi connectivity index (χ2v) is 6.62. The van der Waals surface area contributed by atoms with Gasteiger partial charge in [0.05, 0.1) is 11.4 Å². The van der Waals surface area contributed by atoms with E-state index in [0.29, 0.717) is 0 Å². The summed E-state index contributed by atoms with van der Waals surface area (Å²) >= 11 is 1.79. The van der Waals surface area contributed by atoms with Gasteiger partial charge in [-0.05, 0) is 53.1 Å². The molecule has 2 nitrogen and oxygen atoms in total. The monoisotopic (exact) mass is 316 g/mol. The maximum absolute atomic E-state index is 5.76. The van der Waals surface area contributed by atoms with Gasteiger partial charge in [0.2, 0.25) is 0 Å². The maximum atomic E-state index is 5.76. The van der Waals surface area contributed by atoms with Crippen molar-refractivity contribution in [3.8, 4) is 0 Å². The molecule has 0 fully saturated rings. The van der Waals surface area contributed by atoms with Gasteiger partial charge in [-0.15, -0.1) is 0 Å². The highest BCUT2D eigenvalue weighted by Gasteiger charge is 2.16. The van der Waals surface area contributed by atoms with Crippen LogP contribution in [0.25, 0.3) is 5.57 Å². The van der Waals surface area contributed by atoms with E-state index in [4.69, 9.17) is 5.73 Å². The Hall–Kier alpha value is -2.65. The Labute approximate surface area is 140 Å². The molecule has 0 aliphatic carbocycles. The number of rotatable bonds is 2. The van der Waals surface area contributed by atoms with Crippen molar-refractivity contribution in [2.75, 3.05) is 11.1 Å². The first-order valence-electron chi connectivity index (χ1n) is 7.44. The molecule has 3 aromatic carbocycles. The smallest absolute Gasteiger partial charge is 0.0532 e. The van der Waals surface area contributed by atoms with Gasteiger partial charge < -0.3 is 11.1 Å². The van der Waals surface area contributed by atoms with Crippen LogP contribution in [-0.4, -0.2) is 0 Å². The molecule has 0 bridgehead atoms. The fraction of sp³-hybridized carbons (Fsp3) is 0. The molecule has 0 saturated heterocycles. The molecule has 0 amide bonds. The van der Waals surface area contributed by atoms with E-state index >= 15 is 0 Å². The van der Waals surface area contributed by atoms with Gasteiger partial charge in [0.25, 0.3) is 0 Å². The zero-order valence-corrected chi connectivity index (χ0v) is 13.4. The minimum Gasteiger partial charge on any atom is -0.399 e. The molecule has 0 atom stereocenters. The molecule has 4 rings (SSSR count). The average Bonchev–Trinajstić information content (AvgIpc) is 2.59. The number of benzene rings is 3. The van der Waals surface area contributed by atoms with Crippen molar-refractivity contribution in [3.05, 3.63) is 84.4 Å². The van der Waals surface area contributed by atoms with Crippen molar-refractivity contribution in [2.24, 2.45) is 0 Å². The highest BCUT2D eigenvalue weighted by molar-refractivity contribution is 7.99. The molecule has 0 radical (unpaired) electrons. The lowest BCUT2D eigenvalue weighted by atomic mass is 9.99. The van der Waals surface area contributed by atoms with E-state index < -0.39 is 0 Å². The number of anilines is 3. The highest BCUT2D eigenvalue weighted by atomic mass is 32.2. The Morgan fingerprint density at radius 2 is 1.52 bits per heavy atom. The second-order valence-electron chi connectivity index (χ2n) is 5.53. The summed E-state index contributed by atoms with van der Waals surface area (Å²) < 4.78 is 0. The molecule has 0 spiro atoms. The summed E-state index contributed by atoms with van der Waals surface area (Å²) in [5, 5.41) is 3.51. The first kappa shape index (κ1) is 14.0. The Kier molecular flexibility index (Phi) is 3.36. The Morgan fingerprint density at radius 3 is 2.35 bits per heavy atom. The van der Waals surface area contributed by atoms with Crippen LogP contribution in [0.4, 0.5) is 17.1 Å². The van der Waals surface area contributed by atoms with Gasteiger partial charge >= 0.3 is 0 Å². The Bertz CT molecular complexity index is 898. The first-order valence-corrected chi connectivity index (χ1v) is 8.25. The summed E-state index contributed by atoms with van der Waals surface area (Å²) in [7, 11) is 0. The molecular weight excluding hydrogens is 300 g/mol. The number of hydrogen-bond donors (Lipinski definition) is 2. The van der Waals surface area contributed by atoms with Crippen molar-refractivity contribution in [1.82, 2.24) is 0 Å². The van der Waals surface area contributed by atoms with E-state index in [0.717, 1.165) is 33.8 Å². The van der Waals surface area contributed by atoms with Crippen molar-refractivity contribution >= 4 is 34.4 Å². The van der Waals surface area contributed by atoms with Crippen LogP contribution in [0.5, 0.6) is 0 Å². The summed E-state index contributed by atoms with van der Waals surface area (Å²) in [6, 6.07) is 22.6. The normalized spacial score (nSPS) is 12.0. The molecule has 112 valence electrons. The first-order chi connectivity index (χ1) is 11.2. The van der Waals surface area contributed by atoms with Crippen LogP contribution in [0.3, 0.4) is 0 Å².